The van der Waals surface area contributed by atoms with E-state index in [4.69, 9.17) is 11.6 Å². The topological polar surface area (TPSA) is 32.3 Å². The smallest absolute Gasteiger partial charge is 0.226 e. The fourth-order valence-corrected chi connectivity index (χ4v) is 7.53. The first-order valence-electron chi connectivity index (χ1n) is 10.00. The van der Waals surface area contributed by atoms with Crippen molar-refractivity contribution < 1.29 is 4.79 Å². The lowest BCUT2D eigenvalue weighted by Crippen LogP contribution is -2.61. The Bertz CT molecular complexity index is 498. The van der Waals surface area contributed by atoms with Crippen LogP contribution in [0.25, 0.3) is 0 Å². The summed E-state index contributed by atoms with van der Waals surface area (Å²) in [4.78, 5) is 15.5. The predicted molar refractivity (Wildman–Crippen MR) is 98.2 cm³/mol. The Morgan fingerprint density at radius 3 is 2.25 bits per heavy atom. The summed E-state index contributed by atoms with van der Waals surface area (Å²) in [6.07, 6.45) is 13.0. The van der Waals surface area contributed by atoms with Crippen molar-refractivity contribution in [3.63, 3.8) is 0 Å². The second kappa shape index (κ2) is 5.87. The Balaban J connectivity index is 1.46. The number of nitrogens with zero attached hydrogens (tertiary/aromatic N) is 1. The summed E-state index contributed by atoms with van der Waals surface area (Å²) in [5.41, 5.74) is 0.00284. The standard InChI is InChI=1S/C20H33ClN2O/c1-23(2)20(6-4-3-5-7-20)14-22-17(24)18-9-15-8-16(10-18)12-19(21,11-15)13-18/h15-16H,3-14H2,1-2H3,(H,22,24). The lowest BCUT2D eigenvalue weighted by molar-refractivity contribution is -0.145. The molecule has 1 amide bonds. The van der Waals surface area contributed by atoms with Crippen molar-refractivity contribution >= 4 is 17.5 Å². The minimum atomic E-state index is -0.159. The van der Waals surface area contributed by atoms with E-state index >= 15 is 0 Å². The first-order chi connectivity index (χ1) is 11.3. The first-order valence-corrected chi connectivity index (χ1v) is 10.4. The van der Waals surface area contributed by atoms with Crippen molar-refractivity contribution in [2.75, 3.05) is 20.6 Å². The summed E-state index contributed by atoms with van der Waals surface area (Å²) in [6.45, 7) is 0.811. The summed E-state index contributed by atoms with van der Waals surface area (Å²) in [7, 11) is 4.35. The molecule has 0 saturated heterocycles. The molecule has 0 aliphatic heterocycles. The van der Waals surface area contributed by atoms with Crippen LogP contribution in [-0.2, 0) is 4.79 Å². The molecule has 4 heteroatoms. The molecule has 24 heavy (non-hydrogen) atoms. The SMILES string of the molecule is CN(C)C1(CNC(=O)C23CC4CC(CC(Cl)(C4)C2)C3)CCCCC1. The number of carbonyl (C=O) groups is 1. The van der Waals surface area contributed by atoms with Crippen LogP contribution in [0.15, 0.2) is 0 Å². The van der Waals surface area contributed by atoms with Crippen LogP contribution in [0.3, 0.4) is 0 Å². The Labute approximate surface area is 151 Å². The molecule has 0 aromatic rings. The molecule has 5 fully saturated rings. The van der Waals surface area contributed by atoms with Crippen molar-refractivity contribution in [2.24, 2.45) is 17.3 Å². The largest absolute Gasteiger partial charge is 0.354 e. The average Bonchev–Trinajstić information content (AvgIpc) is 2.51. The number of rotatable bonds is 4. The van der Waals surface area contributed by atoms with Crippen molar-refractivity contribution in [1.82, 2.24) is 10.2 Å². The second-order valence-corrected chi connectivity index (χ2v) is 10.6. The average molecular weight is 353 g/mol. The molecule has 2 unspecified atom stereocenters. The number of amides is 1. The molecule has 0 aromatic heterocycles. The van der Waals surface area contributed by atoms with Gasteiger partial charge < -0.3 is 10.2 Å². The van der Waals surface area contributed by atoms with Crippen molar-refractivity contribution in [1.29, 1.82) is 0 Å². The van der Waals surface area contributed by atoms with E-state index in [0.29, 0.717) is 17.7 Å². The highest BCUT2D eigenvalue weighted by atomic mass is 35.5. The molecule has 0 heterocycles. The van der Waals surface area contributed by atoms with Crippen LogP contribution in [0.4, 0.5) is 0 Å². The van der Waals surface area contributed by atoms with Crippen LogP contribution in [0.1, 0.15) is 70.6 Å². The number of hydrogen-bond donors (Lipinski definition) is 1. The summed E-state index contributed by atoms with van der Waals surface area (Å²) in [5, 5.41) is 3.41. The van der Waals surface area contributed by atoms with Crippen LogP contribution in [0, 0.1) is 17.3 Å². The third kappa shape index (κ3) is 2.80. The van der Waals surface area contributed by atoms with Crippen LogP contribution in [-0.4, -0.2) is 41.9 Å². The Morgan fingerprint density at radius 1 is 1.08 bits per heavy atom. The molecule has 5 rings (SSSR count). The van der Waals surface area contributed by atoms with Gasteiger partial charge in [-0.15, -0.1) is 11.6 Å². The zero-order chi connectivity index (χ0) is 17.0. The zero-order valence-electron chi connectivity index (χ0n) is 15.4. The van der Waals surface area contributed by atoms with Gasteiger partial charge in [0.2, 0.25) is 5.91 Å². The van der Waals surface area contributed by atoms with E-state index in [0.717, 1.165) is 38.6 Å². The lowest BCUT2D eigenvalue weighted by Gasteiger charge is -2.59. The van der Waals surface area contributed by atoms with Gasteiger partial charge in [0.15, 0.2) is 0 Å². The van der Waals surface area contributed by atoms with Crippen LogP contribution < -0.4 is 5.32 Å². The second-order valence-electron chi connectivity index (χ2n) is 9.75. The summed E-state index contributed by atoms with van der Waals surface area (Å²) in [5.74, 6) is 1.69. The van der Waals surface area contributed by atoms with Gasteiger partial charge in [-0.1, -0.05) is 19.3 Å². The maximum Gasteiger partial charge on any atom is 0.226 e. The van der Waals surface area contributed by atoms with Gasteiger partial charge in [0.25, 0.3) is 0 Å². The minimum Gasteiger partial charge on any atom is -0.354 e. The van der Waals surface area contributed by atoms with Gasteiger partial charge in [-0.25, -0.2) is 0 Å². The monoisotopic (exact) mass is 352 g/mol. The number of carbonyl (C=O) groups excluding carboxylic acids is 1. The van der Waals surface area contributed by atoms with E-state index in [9.17, 15) is 4.79 Å². The fourth-order valence-electron chi connectivity index (χ4n) is 6.84. The highest BCUT2D eigenvalue weighted by Crippen LogP contribution is 2.63. The molecule has 5 aliphatic rings. The number of hydrogen-bond acceptors (Lipinski definition) is 2. The van der Waals surface area contributed by atoms with E-state index in [2.05, 4.69) is 24.3 Å². The number of nitrogens with one attached hydrogen (secondary N) is 1. The van der Waals surface area contributed by atoms with E-state index < -0.39 is 0 Å². The normalized spacial score (nSPS) is 43.2. The predicted octanol–water partition coefficient (Wildman–Crippen LogP) is 3.94. The van der Waals surface area contributed by atoms with Crippen LogP contribution >= 0.6 is 11.6 Å². The maximum atomic E-state index is 13.3. The van der Waals surface area contributed by atoms with Gasteiger partial charge in [-0.05, 0) is 77.3 Å². The van der Waals surface area contributed by atoms with E-state index in [-0.39, 0.29) is 15.8 Å². The summed E-state index contributed by atoms with van der Waals surface area (Å²) in [6, 6.07) is 0. The third-order valence-electron chi connectivity index (χ3n) is 7.78. The molecule has 1 N–H and O–H groups in total. The Hall–Kier alpha value is -0.280. The molecule has 5 saturated carbocycles. The zero-order valence-corrected chi connectivity index (χ0v) is 16.1. The molecule has 3 nitrogen and oxygen atoms in total. The molecule has 0 radical (unpaired) electrons. The summed E-state index contributed by atoms with van der Waals surface area (Å²) < 4.78 is 0. The minimum absolute atomic E-state index is 0.0779. The van der Waals surface area contributed by atoms with E-state index in [1.54, 1.807) is 0 Å². The quantitative estimate of drug-likeness (QED) is 0.777. The van der Waals surface area contributed by atoms with Gasteiger partial charge >= 0.3 is 0 Å². The first kappa shape index (κ1) is 17.1. The molecule has 4 bridgehead atoms. The van der Waals surface area contributed by atoms with Crippen molar-refractivity contribution in [3.8, 4) is 0 Å². The van der Waals surface area contributed by atoms with E-state index in [1.165, 1.54) is 38.5 Å². The van der Waals surface area contributed by atoms with Crippen molar-refractivity contribution in [3.05, 3.63) is 0 Å². The van der Waals surface area contributed by atoms with Gasteiger partial charge in [-0.3, -0.25) is 4.79 Å². The van der Waals surface area contributed by atoms with E-state index in [1.807, 2.05) is 0 Å². The van der Waals surface area contributed by atoms with Crippen molar-refractivity contribution in [2.45, 2.75) is 81.0 Å². The molecule has 136 valence electrons. The van der Waals surface area contributed by atoms with Gasteiger partial charge in [-0.2, -0.15) is 0 Å². The molecule has 0 aromatic carbocycles. The molecule has 0 spiro atoms. The highest BCUT2D eigenvalue weighted by molar-refractivity contribution is 6.24. The summed E-state index contributed by atoms with van der Waals surface area (Å²) >= 11 is 6.90. The van der Waals surface area contributed by atoms with Gasteiger partial charge in [0.05, 0.1) is 5.41 Å². The number of halogens is 1. The Kier molecular flexibility index (Phi) is 4.20. The molecular formula is C20H33ClN2O. The Morgan fingerprint density at radius 2 is 1.71 bits per heavy atom. The maximum absolute atomic E-state index is 13.3. The highest BCUT2D eigenvalue weighted by Gasteiger charge is 2.60. The number of likely N-dealkylation sites (N-methyl/N-ethyl adjacent to an activating group) is 1. The fraction of sp³-hybridized carbons (Fsp3) is 0.950. The molecular weight excluding hydrogens is 320 g/mol. The van der Waals surface area contributed by atoms with Gasteiger partial charge in [0, 0.05) is 17.0 Å². The van der Waals surface area contributed by atoms with Crippen LogP contribution in [0.5, 0.6) is 0 Å². The molecule has 2 atom stereocenters. The molecule has 5 aliphatic carbocycles. The number of alkyl halides is 1. The lowest BCUT2D eigenvalue weighted by atomic mass is 9.49. The third-order valence-corrected chi connectivity index (χ3v) is 8.22. The van der Waals surface area contributed by atoms with Crippen LogP contribution in [0.2, 0.25) is 0 Å². The van der Waals surface area contributed by atoms with Gasteiger partial charge in [0.1, 0.15) is 0 Å².